The standard InChI is InChI=1S/C21H19F3N5O5P/c22-21(23,24)16-10-26-29(12-16)11-15-5-3-14(4-6-15)8-17-9-19(34-27-17)18-2-1-7-28(20(18)25)13-33-35(30,31)32/h1-7,9-10,12,25H,8,11,13H2,(H2,30,31,32)/p+1. The van der Waals surface area contributed by atoms with E-state index < -0.39 is 26.3 Å². The van der Waals surface area contributed by atoms with Gasteiger partial charge in [0, 0.05) is 18.7 Å². The van der Waals surface area contributed by atoms with E-state index in [-0.39, 0.29) is 12.4 Å². The normalized spacial score (nSPS) is 12.3. The summed E-state index contributed by atoms with van der Waals surface area (Å²) >= 11 is 0. The highest BCUT2D eigenvalue weighted by Crippen LogP contribution is 2.35. The van der Waals surface area contributed by atoms with E-state index in [1.54, 1.807) is 30.3 Å². The lowest BCUT2D eigenvalue weighted by molar-refractivity contribution is -0.711. The second-order valence-electron chi connectivity index (χ2n) is 7.63. The summed E-state index contributed by atoms with van der Waals surface area (Å²) in [4.78, 5) is 17.8. The largest absolute Gasteiger partial charge is 0.472 e. The smallest absolute Gasteiger partial charge is 0.356 e. The minimum absolute atomic E-state index is 0.167. The summed E-state index contributed by atoms with van der Waals surface area (Å²) in [6.07, 6.45) is -0.747. The second-order valence-corrected chi connectivity index (χ2v) is 8.87. The van der Waals surface area contributed by atoms with Gasteiger partial charge in [-0.2, -0.15) is 18.3 Å². The average molecular weight is 510 g/mol. The number of benzene rings is 1. The van der Waals surface area contributed by atoms with Gasteiger partial charge in [0.1, 0.15) is 5.56 Å². The van der Waals surface area contributed by atoms with Gasteiger partial charge in [0.25, 0.3) is 5.82 Å². The highest BCUT2D eigenvalue weighted by atomic mass is 31.2. The maximum atomic E-state index is 12.7. The molecule has 4 N–H and O–H groups in total. The Hall–Kier alpha value is -3.51. The monoisotopic (exact) mass is 510 g/mol. The van der Waals surface area contributed by atoms with Crippen molar-refractivity contribution in [1.29, 1.82) is 0 Å². The number of nitrogens with zero attached hydrogens (tertiary/aromatic N) is 4. The molecular formula is C21H20F3N5O5P+. The fraction of sp³-hybridized carbons (Fsp3) is 0.190. The van der Waals surface area contributed by atoms with Crippen LogP contribution in [0.4, 0.5) is 19.0 Å². The summed E-state index contributed by atoms with van der Waals surface area (Å²) in [6, 6.07) is 12.2. The van der Waals surface area contributed by atoms with Crippen LogP contribution in [0.25, 0.3) is 11.3 Å². The maximum Gasteiger partial charge on any atom is 0.472 e. The topological polar surface area (TPSA) is 141 Å². The number of hydrogen-bond acceptors (Lipinski definition) is 6. The first kappa shape index (κ1) is 24.6. The zero-order valence-electron chi connectivity index (χ0n) is 18.0. The van der Waals surface area contributed by atoms with Crippen LogP contribution in [-0.2, 0) is 35.0 Å². The van der Waals surface area contributed by atoms with Crippen LogP contribution in [-0.4, -0.2) is 24.7 Å². The maximum absolute atomic E-state index is 12.7. The first-order valence-corrected chi connectivity index (χ1v) is 11.6. The average Bonchev–Trinajstić information content (AvgIpc) is 3.43. The van der Waals surface area contributed by atoms with Crippen molar-refractivity contribution >= 4 is 13.6 Å². The van der Waals surface area contributed by atoms with E-state index in [9.17, 15) is 17.7 Å². The molecule has 0 atom stereocenters. The van der Waals surface area contributed by atoms with E-state index in [4.69, 9.17) is 20.0 Å². The zero-order valence-corrected chi connectivity index (χ0v) is 18.9. The van der Waals surface area contributed by atoms with Gasteiger partial charge in [-0.05, 0) is 23.3 Å². The number of rotatable bonds is 8. The number of phosphoric acid groups is 1. The Labute approximate surface area is 196 Å². The summed E-state index contributed by atoms with van der Waals surface area (Å²) in [5, 5.41) is 7.80. The van der Waals surface area contributed by atoms with Crippen molar-refractivity contribution in [3.05, 3.63) is 83.4 Å². The Morgan fingerprint density at radius 3 is 2.54 bits per heavy atom. The number of phosphoric ester groups is 1. The Morgan fingerprint density at radius 2 is 1.89 bits per heavy atom. The van der Waals surface area contributed by atoms with Crippen molar-refractivity contribution in [2.45, 2.75) is 25.9 Å². The van der Waals surface area contributed by atoms with Gasteiger partial charge in [0.15, 0.2) is 5.76 Å². The molecule has 3 heterocycles. The summed E-state index contributed by atoms with van der Waals surface area (Å²) in [7, 11) is -4.66. The predicted molar refractivity (Wildman–Crippen MR) is 115 cm³/mol. The number of aromatic nitrogens is 4. The Bertz CT molecular complexity index is 1360. The van der Waals surface area contributed by atoms with Crippen LogP contribution in [0.15, 0.2) is 65.6 Å². The van der Waals surface area contributed by atoms with Crippen LogP contribution >= 0.6 is 7.82 Å². The molecule has 184 valence electrons. The summed E-state index contributed by atoms with van der Waals surface area (Å²) < 4.78 is 61.5. The van der Waals surface area contributed by atoms with E-state index in [1.807, 2.05) is 12.1 Å². The number of pyridine rings is 1. The second kappa shape index (κ2) is 9.62. The SMILES string of the molecule is Nc1c(-c2cc(Cc3ccc(Cn4cc(C(F)(F)F)cn4)cc3)no2)ccc[n+]1COP(=O)(O)O. The number of anilines is 1. The molecule has 0 saturated heterocycles. The van der Waals surface area contributed by atoms with Crippen LogP contribution in [0, 0.1) is 0 Å². The van der Waals surface area contributed by atoms with Gasteiger partial charge < -0.3 is 14.3 Å². The van der Waals surface area contributed by atoms with Crippen molar-refractivity contribution in [2.24, 2.45) is 0 Å². The summed E-state index contributed by atoms with van der Waals surface area (Å²) in [5.74, 6) is 0.527. The van der Waals surface area contributed by atoms with Crippen molar-refractivity contribution < 1.29 is 41.1 Å². The molecule has 4 aromatic rings. The molecule has 0 fully saturated rings. The fourth-order valence-corrected chi connectivity index (χ4v) is 3.57. The van der Waals surface area contributed by atoms with E-state index >= 15 is 0 Å². The Morgan fingerprint density at radius 1 is 1.17 bits per heavy atom. The van der Waals surface area contributed by atoms with Crippen molar-refractivity contribution in [1.82, 2.24) is 14.9 Å². The first-order chi connectivity index (χ1) is 16.5. The molecule has 0 bridgehead atoms. The molecule has 0 aliphatic heterocycles. The molecular weight excluding hydrogens is 490 g/mol. The van der Waals surface area contributed by atoms with Crippen LogP contribution < -0.4 is 10.3 Å². The van der Waals surface area contributed by atoms with Gasteiger partial charge in [0.05, 0.1) is 30.2 Å². The molecule has 14 heteroatoms. The number of halogens is 3. The van der Waals surface area contributed by atoms with E-state index in [1.165, 1.54) is 15.4 Å². The van der Waals surface area contributed by atoms with Gasteiger partial charge in [0.2, 0.25) is 6.73 Å². The third-order valence-electron chi connectivity index (χ3n) is 5.02. The lowest BCUT2D eigenvalue weighted by Gasteiger charge is -2.07. The third-order valence-corrected chi connectivity index (χ3v) is 5.47. The van der Waals surface area contributed by atoms with E-state index in [0.717, 1.165) is 23.5 Å². The molecule has 3 aromatic heterocycles. The number of alkyl halides is 3. The molecule has 35 heavy (non-hydrogen) atoms. The van der Waals surface area contributed by atoms with Crippen molar-refractivity contribution in [3.8, 4) is 11.3 Å². The highest BCUT2D eigenvalue weighted by molar-refractivity contribution is 7.46. The quantitative estimate of drug-likeness (QED) is 0.243. The van der Waals surface area contributed by atoms with Crippen LogP contribution in [0.3, 0.4) is 0 Å². The molecule has 0 radical (unpaired) electrons. The Balaban J connectivity index is 1.42. The van der Waals surface area contributed by atoms with Gasteiger partial charge in [-0.1, -0.05) is 29.4 Å². The summed E-state index contributed by atoms with van der Waals surface area (Å²) in [6.45, 7) is -0.253. The van der Waals surface area contributed by atoms with Gasteiger partial charge in [-0.3, -0.25) is 10.4 Å². The van der Waals surface area contributed by atoms with Gasteiger partial charge >= 0.3 is 14.0 Å². The van der Waals surface area contributed by atoms with Gasteiger partial charge in [-0.25, -0.2) is 13.7 Å². The zero-order chi connectivity index (χ0) is 25.2. The highest BCUT2D eigenvalue weighted by Gasteiger charge is 2.32. The number of nitrogen functional groups attached to an aromatic ring is 1. The minimum atomic E-state index is -4.66. The fourth-order valence-electron chi connectivity index (χ4n) is 3.30. The third kappa shape index (κ3) is 6.34. The van der Waals surface area contributed by atoms with Crippen molar-refractivity contribution in [3.63, 3.8) is 0 Å². The molecule has 0 aliphatic rings. The Kier molecular flexibility index (Phi) is 6.77. The minimum Gasteiger partial charge on any atom is -0.356 e. The van der Waals surface area contributed by atoms with Gasteiger partial charge in [-0.15, -0.1) is 0 Å². The molecule has 10 nitrogen and oxygen atoms in total. The predicted octanol–water partition coefficient (Wildman–Crippen LogP) is 3.13. The number of hydrogen-bond donors (Lipinski definition) is 3. The van der Waals surface area contributed by atoms with Crippen LogP contribution in [0.2, 0.25) is 0 Å². The van der Waals surface area contributed by atoms with E-state index in [0.29, 0.717) is 23.4 Å². The van der Waals surface area contributed by atoms with Crippen LogP contribution in [0.5, 0.6) is 0 Å². The summed E-state index contributed by atoms with van der Waals surface area (Å²) in [5.41, 5.74) is 8.04. The molecule has 0 aliphatic carbocycles. The molecule has 0 amide bonds. The van der Waals surface area contributed by atoms with Crippen LogP contribution in [0.1, 0.15) is 22.4 Å². The van der Waals surface area contributed by atoms with Crippen molar-refractivity contribution in [2.75, 3.05) is 5.73 Å². The molecule has 1 aromatic carbocycles. The molecule has 0 unspecified atom stereocenters. The molecule has 4 rings (SSSR count). The molecule has 0 saturated carbocycles. The van der Waals surface area contributed by atoms with E-state index in [2.05, 4.69) is 14.8 Å². The number of nitrogens with two attached hydrogens (primary N) is 1. The lowest BCUT2D eigenvalue weighted by Crippen LogP contribution is -2.38. The first-order valence-electron chi connectivity index (χ1n) is 10.1. The lowest BCUT2D eigenvalue weighted by atomic mass is 10.1. The molecule has 0 spiro atoms.